The number of phenols is 8. The number of carbonyl (C=O) groups is 1. The smallest absolute Gasteiger partial charge is 0.338 e. The van der Waals surface area contributed by atoms with Crippen molar-refractivity contribution in [3.63, 3.8) is 0 Å². The largest absolute Gasteiger partial charge is 0.508 e. The number of carbonyl (C=O) groups excluding carboxylic acids is 1. The molecule has 2 heterocycles. The molecule has 20 nitrogen and oxygen atoms in total. The first kappa shape index (κ1) is 59.8. The van der Waals surface area contributed by atoms with Crippen molar-refractivity contribution >= 4 is 5.97 Å². The van der Waals surface area contributed by atoms with E-state index in [-0.39, 0.29) is 86.9 Å². The average molecular weight is 1110 g/mol. The summed E-state index contributed by atoms with van der Waals surface area (Å²) in [5.41, 5.74) is -0.639. The summed E-state index contributed by atoms with van der Waals surface area (Å²) < 4.78 is 23.9. The number of phenolic OH excluding ortho intramolecular Hbond substituents is 8. The number of esters is 1. The van der Waals surface area contributed by atoms with Gasteiger partial charge in [0.2, 0.25) is 0 Å². The Morgan fingerprint density at radius 2 is 1.35 bits per heavy atom. The molecular weight excluding hydrogens is 1030 g/mol. The third-order valence-electron chi connectivity index (χ3n) is 19.9. The maximum Gasteiger partial charge on any atom is 0.338 e. The zero-order valence-electron chi connectivity index (χ0n) is 46.2. The minimum atomic E-state index is -1.46. The van der Waals surface area contributed by atoms with E-state index in [1.165, 1.54) is 11.6 Å². The molecule has 0 amide bonds. The van der Waals surface area contributed by atoms with Crippen LogP contribution in [0.3, 0.4) is 0 Å². The molecular formula is C59H82O20. The molecule has 2 aliphatic heterocycles. The summed E-state index contributed by atoms with van der Waals surface area (Å²) in [6.07, 6.45) is -2.01. The molecule has 0 radical (unpaired) electrons. The third kappa shape index (κ3) is 10.5. The number of benzene rings is 3. The molecule has 3 aromatic rings. The van der Waals surface area contributed by atoms with E-state index in [4.69, 9.17) is 18.9 Å². The lowest BCUT2D eigenvalue weighted by Crippen LogP contribution is -2.69. The topological polar surface area (TPSA) is 357 Å². The first-order valence-electron chi connectivity index (χ1n) is 27.4. The fourth-order valence-electron chi connectivity index (χ4n) is 15.8. The van der Waals surface area contributed by atoms with Gasteiger partial charge < -0.3 is 95.5 Å². The van der Waals surface area contributed by atoms with Crippen molar-refractivity contribution in [3.8, 4) is 51.7 Å². The highest BCUT2D eigenvalue weighted by Crippen LogP contribution is 2.76. The molecule has 7 unspecified atom stereocenters. The first-order chi connectivity index (χ1) is 36.8. The quantitative estimate of drug-likeness (QED) is 0.0633. The SMILES string of the molecule is CC(C)=CCC[C@](C)(OCC1OC(CO)[C@@H](O)[C@@H](O)[C@@H]1O)C1CC[C@]2(C)C1[C@H](O)CC1[C@@]3(C)CCC(O)C(C)(C)C3[C@@H](O)C[C@]12C.O=C(O[C@@H]1Cc2c(O)cc(O)cc2O[C@@H]1c1cc(O)c(O)c(O)c1)c1cc(O)c(O)c(O)c1. The van der Waals surface area contributed by atoms with Crippen molar-refractivity contribution in [1.29, 1.82) is 0 Å². The monoisotopic (exact) mass is 1110 g/mol. The number of rotatable bonds is 11. The Morgan fingerprint density at radius 1 is 0.747 bits per heavy atom. The fourth-order valence-corrected chi connectivity index (χ4v) is 15.8. The van der Waals surface area contributed by atoms with Crippen LogP contribution in [0.25, 0.3) is 0 Å². The van der Waals surface area contributed by atoms with E-state index in [0.29, 0.717) is 25.7 Å². The van der Waals surface area contributed by atoms with Gasteiger partial charge in [-0.05, 0) is 142 Å². The molecule has 18 atom stereocenters. The van der Waals surface area contributed by atoms with Crippen LogP contribution in [0.15, 0.2) is 48.0 Å². The van der Waals surface area contributed by atoms with Gasteiger partial charge in [0.25, 0.3) is 0 Å². The highest BCUT2D eigenvalue weighted by atomic mass is 16.6. The van der Waals surface area contributed by atoms with E-state index in [2.05, 4.69) is 61.5 Å². The van der Waals surface area contributed by atoms with Crippen LogP contribution in [-0.4, -0.2) is 156 Å². The minimum Gasteiger partial charge on any atom is -0.508 e. The second-order valence-electron chi connectivity index (χ2n) is 25.2. The molecule has 4 saturated carbocycles. The van der Waals surface area contributed by atoms with Crippen molar-refractivity contribution in [1.82, 2.24) is 0 Å². The van der Waals surface area contributed by atoms with Gasteiger partial charge in [-0.2, -0.15) is 0 Å². The van der Waals surface area contributed by atoms with Gasteiger partial charge in [0, 0.05) is 29.7 Å². The van der Waals surface area contributed by atoms with Gasteiger partial charge in [0.05, 0.1) is 42.7 Å². The fraction of sp³-hybridized carbons (Fsp3) is 0.644. The van der Waals surface area contributed by atoms with Crippen LogP contribution in [0, 0.1) is 45.3 Å². The van der Waals surface area contributed by atoms with E-state index < -0.39 is 119 Å². The van der Waals surface area contributed by atoms with E-state index in [1.54, 1.807) is 0 Å². The maximum absolute atomic E-state index is 12.7. The third-order valence-corrected chi connectivity index (χ3v) is 19.9. The molecule has 438 valence electrons. The highest BCUT2D eigenvalue weighted by molar-refractivity contribution is 5.91. The summed E-state index contributed by atoms with van der Waals surface area (Å²) in [6.45, 7) is 16.9. The van der Waals surface area contributed by atoms with Gasteiger partial charge in [0.1, 0.15) is 53.9 Å². The number of ether oxygens (including phenoxy) is 4. The van der Waals surface area contributed by atoms with Crippen LogP contribution in [0.1, 0.15) is 134 Å². The molecule has 0 aromatic heterocycles. The molecule has 0 bridgehead atoms. The van der Waals surface area contributed by atoms with E-state index in [9.17, 15) is 81.4 Å². The van der Waals surface area contributed by atoms with Crippen molar-refractivity contribution in [2.75, 3.05) is 13.2 Å². The number of fused-ring (bicyclic) bond motifs is 6. The Hall–Kier alpha value is -5.29. The molecule has 3 aromatic carbocycles. The Bertz CT molecular complexity index is 2710. The molecule has 1 saturated heterocycles. The zero-order valence-corrected chi connectivity index (χ0v) is 46.2. The van der Waals surface area contributed by atoms with Crippen molar-refractivity contribution < 1.29 is 100 Å². The van der Waals surface area contributed by atoms with Crippen LogP contribution in [-0.2, 0) is 20.6 Å². The zero-order chi connectivity index (χ0) is 58.2. The number of aliphatic hydroxyl groups is 7. The Labute approximate surface area is 459 Å². The summed E-state index contributed by atoms with van der Waals surface area (Å²) >= 11 is 0. The van der Waals surface area contributed by atoms with Gasteiger partial charge in [-0.3, -0.25) is 0 Å². The first-order valence-corrected chi connectivity index (χ1v) is 27.4. The summed E-state index contributed by atoms with van der Waals surface area (Å²) in [5.74, 6) is -6.00. The van der Waals surface area contributed by atoms with Gasteiger partial charge in [0.15, 0.2) is 40.6 Å². The molecule has 9 rings (SSSR count). The molecule has 6 aliphatic rings. The number of hydrogen-bond donors (Lipinski definition) is 15. The number of aliphatic hydroxyl groups excluding tert-OH is 7. The number of aromatic hydroxyl groups is 8. The molecule has 20 heteroatoms. The van der Waals surface area contributed by atoms with Gasteiger partial charge in [-0.15, -0.1) is 0 Å². The van der Waals surface area contributed by atoms with Crippen LogP contribution in [0.2, 0.25) is 0 Å². The van der Waals surface area contributed by atoms with Gasteiger partial charge >= 0.3 is 5.97 Å². The molecule has 0 spiro atoms. The van der Waals surface area contributed by atoms with Crippen LogP contribution in [0.4, 0.5) is 0 Å². The second-order valence-corrected chi connectivity index (χ2v) is 25.2. The lowest BCUT2D eigenvalue weighted by molar-refractivity contribution is -0.278. The Balaban J connectivity index is 0.000000220. The molecule has 4 aliphatic carbocycles. The predicted octanol–water partition coefficient (Wildman–Crippen LogP) is 5.57. The second kappa shape index (κ2) is 21.9. The summed E-state index contributed by atoms with van der Waals surface area (Å²) in [7, 11) is 0. The van der Waals surface area contributed by atoms with E-state index in [0.717, 1.165) is 56.0 Å². The summed E-state index contributed by atoms with van der Waals surface area (Å²) in [6, 6.07) is 6.18. The lowest BCUT2D eigenvalue weighted by atomic mass is 9.34. The van der Waals surface area contributed by atoms with Gasteiger partial charge in [-0.1, -0.05) is 46.3 Å². The lowest BCUT2D eigenvalue weighted by Gasteiger charge is -2.71. The Kier molecular flexibility index (Phi) is 16.6. The van der Waals surface area contributed by atoms with Crippen molar-refractivity contribution in [2.24, 2.45) is 45.3 Å². The normalized spacial score (nSPS) is 37.1. The number of allylic oxidation sites excluding steroid dienone is 2. The minimum absolute atomic E-state index is 0.00647. The summed E-state index contributed by atoms with van der Waals surface area (Å²) in [5, 5.41) is 155. The van der Waals surface area contributed by atoms with Crippen LogP contribution >= 0.6 is 0 Å². The van der Waals surface area contributed by atoms with Crippen LogP contribution < -0.4 is 4.74 Å². The van der Waals surface area contributed by atoms with Gasteiger partial charge in [-0.25, -0.2) is 4.79 Å². The van der Waals surface area contributed by atoms with Crippen molar-refractivity contribution in [3.05, 3.63) is 64.7 Å². The van der Waals surface area contributed by atoms with E-state index >= 15 is 0 Å². The highest BCUT2D eigenvalue weighted by Gasteiger charge is 2.73. The molecule has 5 fully saturated rings. The standard InChI is InChI=1S/C37H64O9.C22H18O11/c1-20(2)10-9-13-37(8,45-19-25-30(43)31(44)29(42)24(18-38)46-25)21-11-15-35(6)28(21)22(39)16-26-34(5)14-12-27(41)33(3,4)32(34)23(40)17-36(26,35)7;23-10-5-12(24)11-7-18(33-22(31)9-3-15(27)20(30)16(28)4-9)21(32-17(11)6-10)8-1-13(25)19(29)14(26)2-8/h10,21-32,38-44H,9,11-19H2,1-8H3;1-6,18,21,23-30H,7H2/t21?,22-,23+,24?,25?,26?,27?,28?,29-,30-,31-,32?,34-,35-,36-,37+;18-,21-/m11/s1. The van der Waals surface area contributed by atoms with Crippen molar-refractivity contribution in [2.45, 2.75) is 180 Å². The van der Waals surface area contributed by atoms with Crippen LogP contribution in [0.5, 0.6) is 51.7 Å². The number of hydrogen-bond acceptors (Lipinski definition) is 20. The predicted molar refractivity (Wildman–Crippen MR) is 283 cm³/mol. The maximum atomic E-state index is 12.7. The summed E-state index contributed by atoms with van der Waals surface area (Å²) in [4.78, 5) is 12.7. The average Bonchev–Trinajstić information content (AvgIpc) is 3.19. The Morgan fingerprint density at radius 3 is 1.96 bits per heavy atom. The van der Waals surface area contributed by atoms with E-state index in [1.807, 2.05) is 0 Å². The molecule has 79 heavy (non-hydrogen) atoms. The molecule has 15 N–H and O–H groups in total.